The Bertz CT molecular complexity index is 358. The Labute approximate surface area is 101 Å². The van der Waals surface area contributed by atoms with Crippen LogP contribution in [0.2, 0.25) is 0 Å². The number of halogens is 1. The first kappa shape index (κ1) is 11.9. The van der Waals surface area contributed by atoms with E-state index in [-0.39, 0.29) is 5.60 Å². The fourth-order valence-corrected chi connectivity index (χ4v) is 2.44. The molecule has 0 N–H and O–H groups in total. The molecule has 1 aliphatic heterocycles. The second-order valence-corrected chi connectivity index (χ2v) is 4.68. The van der Waals surface area contributed by atoms with E-state index >= 15 is 0 Å². The summed E-state index contributed by atoms with van der Waals surface area (Å²) in [6, 6.07) is 0. The molecule has 2 heterocycles. The molecule has 0 aromatic carbocycles. The van der Waals surface area contributed by atoms with Crippen molar-refractivity contribution in [3.63, 3.8) is 0 Å². The zero-order chi connectivity index (χ0) is 11.6. The van der Waals surface area contributed by atoms with Crippen molar-refractivity contribution in [2.24, 2.45) is 0 Å². The molecule has 1 aromatic rings. The van der Waals surface area contributed by atoms with Gasteiger partial charge in [-0.15, -0.1) is 21.8 Å². The van der Waals surface area contributed by atoms with Crippen molar-refractivity contribution in [3.05, 3.63) is 11.6 Å². The predicted molar refractivity (Wildman–Crippen MR) is 62.4 cm³/mol. The number of aromatic nitrogens is 3. The number of ether oxygens (including phenoxy) is 1. The highest BCUT2D eigenvalue weighted by Gasteiger charge is 2.37. The van der Waals surface area contributed by atoms with Gasteiger partial charge in [-0.3, -0.25) is 0 Å². The lowest BCUT2D eigenvalue weighted by molar-refractivity contribution is 0.00605. The van der Waals surface area contributed by atoms with Crippen molar-refractivity contribution < 1.29 is 4.74 Å². The predicted octanol–water partition coefficient (Wildman–Crippen LogP) is 2.45. The van der Waals surface area contributed by atoms with Crippen molar-refractivity contribution in [1.82, 2.24) is 14.8 Å². The van der Waals surface area contributed by atoms with Gasteiger partial charge >= 0.3 is 0 Å². The van der Waals surface area contributed by atoms with Crippen molar-refractivity contribution >= 4 is 11.6 Å². The van der Waals surface area contributed by atoms with E-state index in [2.05, 4.69) is 28.6 Å². The summed E-state index contributed by atoms with van der Waals surface area (Å²) in [4.78, 5) is 0. The quantitative estimate of drug-likeness (QED) is 0.763. The standard InChI is InChI=1S/C11H18ClN3O/c1-3-6-15-9(8-12)13-14-10(15)11(2)5-4-7-16-11/h3-8H2,1-2H3. The molecule has 90 valence electrons. The third-order valence-electron chi connectivity index (χ3n) is 3.09. The Hall–Kier alpha value is -0.610. The van der Waals surface area contributed by atoms with Gasteiger partial charge in [-0.2, -0.15) is 0 Å². The highest BCUT2D eigenvalue weighted by atomic mass is 35.5. The van der Waals surface area contributed by atoms with Crippen molar-refractivity contribution in [2.45, 2.75) is 51.1 Å². The Balaban J connectivity index is 2.35. The maximum atomic E-state index is 5.87. The van der Waals surface area contributed by atoms with Crippen LogP contribution in [-0.4, -0.2) is 21.4 Å². The smallest absolute Gasteiger partial charge is 0.165 e. The van der Waals surface area contributed by atoms with Crippen LogP contribution in [0.3, 0.4) is 0 Å². The molecule has 0 radical (unpaired) electrons. The molecule has 0 saturated carbocycles. The van der Waals surface area contributed by atoms with Crippen LogP contribution in [0.15, 0.2) is 0 Å². The third-order valence-corrected chi connectivity index (χ3v) is 3.32. The number of nitrogens with zero attached hydrogens (tertiary/aromatic N) is 3. The van der Waals surface area contributed by atoms with Crippen LogP contribution in [0.25, 0.3) is 0 Å². The molecule has 1 aromatic heterocycles. The van der Waals surface area contributed by atoms with Crippen LogP contribution < -0.4 is 0 Å². The lowest BCUT2D eigenvalue weighted by Crippen LogP contribution is -2.26. The van der Waals surface area contributed by atoms with E-state index < -0.39 is 0 Å². The molecule has 1 saturated heterocycles. The van der Waals surface area contributed by atoms with Crippen LogP contribution in [-0.2, 0) is 22.8 Å². The maximum Gasteiger partial charge on any atom is 0.165 e. The zero-order valence-corrected chi connectivity index (χ0v) is 10.6. The molecule has 1 fully saturated rings. The van der Waals surface area contributed by atoms with E-state index in [1.54, 1.807) is 0 Å². The molecule has 5 heteroatoms. The van der Waals surface area contributed by atoms with E-state index in [9.17, 15) is 0 Å². The van der Waals surface area contributed by atoms with E-state index in [1.165, 1.54) is 0 Å². The summed E-state index contributed by atoms with van der Waals surface area (Å²) in [7, 11) is 0. The molecule has 16 heavy (non-hydrogen) atoms. The lowest BCUT2D eigenvalue weighted by atomic mass is 10.0. The molecule has 2 rings (SSSR count). The second-order valence-electron chi connectivity index (χ2n) is 4.41. The average Bonchev–Trinajstić information content (AvgIpc) is 2.86. The number of hydrogen-bond acceptors (Lipinski definition) is 3. The van der Waals surface area contributed by atoms with Gasteiger partial charge in [-0.05, 0) is 26.2 Å². The van der Waals surface area contributed by atoms with Gasteiger partial charge in [0.2, 0.25) is 0 Å². The molecule has 1 unspecified atom stereocenters. The Morgan fingerprint density at radius 2 is 2.31 bits per heavy atom. The Kier molecular flexibility index (Phi) is 3.50. The van der Waals surface area contributed by atoms with Gasteiger partial charge in [0.05, 0.1) is 5.88 Å². The summed E-state index contributed by atoms with van der Waals surface area (Å²) >= 11 is 5.87. The van der Waals surface area contributed by atoms with Gasteiger partial charge in [0, 0.05) is 13.2 Å². The summed E-state index contributed by atoms with van der Waals surface area (Å²) in [5.74, 6) is 2.18. The highest BCUT2D eigenvalue weighted by Crippen LogP contribution is 2.34. The minimum atomic E-state index is -0.271. The van der Waals surface area contributed by atoms with Crippen LogP contribution in [0.1, 0.15) is 44.8 Å². The number of rotatable bonds is 4. The highest BCUT2D eigenvalue weighted by molar-refractivity contribution is 6.16. The summed E-state index contributed by atoms with van der Waals surface area (Å²) in [5, 5.41) is 8.41. The van der Waals surface area contributed by atoms with E-state index in [0.29, 0.717) is 5.88 Å². The largest absolute Gasteiger partial charge is 0.367 e. The van der Waals surface area contributed by atoms with Gasteiger partial charge < -0.3 is 9.30 Å². The molecule has 0 bridgehead atoms. The summed E-state index contributed by atoms with van der Waals surface area (Å²) in [6.07, 6.45) is 3.15. The first-order chi connectivity index (χ1) is 7.71. The molecule has 4 nitrogen and oxygen atoms in total. The Morgan fingerprint density at radius 3 is 2.88 bits per heavy atom. The van der Waals surface area contributed by atoms with Crippen molar-refractivity contribution in [1.29, 1.82) is 0 Å². The minimum absolute atomic E-state index is 0.271. The van der Waals surface area contributed by atoms with Gasteiger partial charge in [-0.25, -0.2) is 0 Å². The van der Waals surface area contributed by atoms with Crippen LogP contribution >= 0.6 is 11.6 Å². The summed E-state index contributed by atoms with van der Waals surface area (Å²) in [6.45, 7) is 5.95. The Morgan fingerprint density at radius 1 is 1.50 bits per heavy atom. The molecule has 0 spiro atoms. The lowest BCUT2D eigenvalue weighted by Gasteiger charge is -2.23. The molecular formula is C11H18ClN3O. The third kappa shape index (κ3) is 1.96. The molecule has 1 atom stereocenters. The fraction of sp³-hybridized carbons (Fsp3) is 0.818. The maximum absolute atomic E-state index is 5.87. The topological polar surface area (TPSA) is 39.9 Å². The molecular weight excluding hydrogens is 226 g/mol. The monoisotopic (exact) mass is 243 g/mol. The summed E-state index contributed by atoms with van der Waals surface area (Å²) in [5.41, 5.74) is -0.271. The van der Waals surface area contributed by atoms with Crippen LogP contribution in [0, 0.1) is 0 Å². The van der Waals surface area contributed by atoms with Crippen LogP contribution in [0.5, 0.6) is 0 Å². The van der Waals surface area contributed by atoms with Crippen LogP contribution in [0.4, 0.5) is 0 Å². The van der Waals surface area contributed by atoms with E-state index in [4.69, 9.17) is 16.3 Å². The average molecular weight is 244 g/mol. The SMILES string of the molecule is CCCn1c(CCl)nnc1C1(C)CCCO1. The minimum Gasteiger partial charge on any atom is -0.367 e. The van der Waals surface area contributed by atoms with E-state index in [1.807, 2.05) is 0 Å². The van der Waals surface area contributed by atoms with Gasteiger partial charge in [-0.1, -0.05) is 6.92 Å². The van der Waals surface area contributed by atoms with E-state index in [0.717, 1.165) is 44.1 Å². The summed E-state index contributed by atoms with van der Waals surface area (Å²) < 4.78 is 7.91. The number of hydrogen-bond donors (Lipinski definition) is 0. The molecule has 1 aliphatic rings. The van der Waals surface area contributed by atoms with Gasteiger partial charge in [0.15, 0.2) is 5.82 Å². The van der Waals surface area contributed by atoms with Gasteiger partial charge in [0.25, 0.3) is 0 Å². The molecule has 0 amide bonds. The first-order valence-corrected chi connectivity index (χ1v) is 6.37. The fourth-order valence-electron chi connectivity index (χ4n) is 2.24. The number of alkyl halides is 1. The second kappa shape index (κ2) is 4.72. The van der Waals surface area contributed by atoms with Crippen molar-refractivity contribution in [2.75, 3.05) is 6.61 Å². The normalized spacial score (nSPS) is 25.2. The zero-order valence-electron chi connectivity index (χ0n) is 9.87. The van der Waals surface area contributed by atoms with Gasteiger partial charge in [0.1, 0.15) is 11.4 Å². The van der Waals surface area contributed by atoms with Crippen molar-refractivity contribution in [3.8, 4) is 0 Å². The molecule has 0 aliphatic carbocycles. The first-order valence-electron chi connectivity index (χ1n) is 5.83.